The van der Waals surface area contributed by atoms with Crippen molar-refractivity contribution in [1.82, 2.24) is 29.1 Å². The van der Waals surface area contributed by atoms with Gasteiger partial charge in [-0.2, -0.15) is 8.42 Å². The van der Waals surface area contributed by atoms with Gasteiger partial charge in [0.25, 0.3) is 10.1 Å². The fourth-order valence-electron chi connectivity index (χ4n) is 5.41. The van der Waals surface area contributed by atoms with E-state index in [4.69, 9.17) is 44.9 Å². The van der Waals surface area contributed by atoms with Gasteiger partial charge < -0.3 is 24.5 Å². The predicted octanol–water partition coefficient (Wildman–Crippen LogP) is 5.94. The van der Waals surface area contributed by atoms with Gasteiger partial charge in [0, 0.05) is 65.5 Å². The van der Waals surface area contributed by atoms with Crippen LogP contribution < -0.4 is 10.2 Å². The first-order chi connectivity index (χ1) is 22.9. The van der Waals surface area contributed by atoms with E-state index in [0.29, 0.717) is 61.6 Å². The largest absolute Gasteiger partial charge is 0.480 e. The summed E-state index contributed by atoms with van der Waals surface area (Å²) >= 11 is 19.2. The Kier molecular flexibility index (Phi) is 9.45. The fraction of sp³-hybridized carbons (Fsp3) is 0.194. The van der Waals surface area contributed by atoms with E-state index in [1.165, 1.54) is 0 Å². The van der Waals surface area contributed by atoms with E-state index in [2.05, 4.69) is 20.3 Å². The lowest BCUT2D eigenvalue weighted by molar-refractivity contribution is -0.134. The molecule has 6 rings (SSSR count). The van der Waals surface area contributed by atoms with Crippen molar-refractivity contribution in [2.45, 2.75) is 19.4 Å². The minimum Gasteiger partial charge on any atom is -0.480 e. The number of rotatable bonds is 12. The molecule has 0 radical (unpaired) electrons. The van der Waals surface area contributed by atoms with Gasteiger partial charge in [-0.05, 0) is 37.3 Å². The van der Waals surface area contributed by atoms with Crippen molar-refractivity contribution in [2.75, 3.05) is 29.1 Å². The van der Waals surface area contributed by atoms with Gasteiger partial charge in [-0.3, -0.25) is 9.35 Å². The number of carboxylic acids is 1. The number of aliphatic carboxylic acids is 1. The number of fused-ring (bicyclic) bond motifs is 2. The van der Waals surface area contributed by atoms with E-state index in [9.17, 15) is 17.8 Å². The number of hydrogen-bond acceptors (Lipinski definition) is 9. The molecule has 4 heterocycles. The Morgan fingerprint density at radius 2 is 1.79 bits per heavy atom. The van der Waals surface area contributed by atoms with Crippen LogP contribution in [0.1, 0.15) is 12.6 Å². The number of nitrogens with zero attached hydrogens (tertiary/aromatic N) is 7. The van der Waals surface area contributed by atoms with Gasteiger partial charge in [0.05, 0.1) is 56.6 Å². The van der Waals surface area contributed by atoms with Gasteiger partial charge in [-0.15, -0.1) is 0 Å². The Hall–Kier alpha value is -4.47. The molecule has 13 nitrogen and oxygen atoms in total. The number of anilines is 2. The van der Waals surface area contributed by atoms with Crippen LogP contribution in [0, 0.1) is 0 Å². The van der Waals surface area contributed by atoms with Crippen LogP contribution in [0.5, 0.6) is 0 Å². The summed E-state index contributed by atoms with van der Waals surface area (Å²) < 4.78 is 37.1. The summed E-state index contributed by atoms with van der Waals surface area (Å²) in [6.07, 6.45) is 8.81. The molecular formula is C31H27Cl3N8O5S. The maximum absolute atomic E-state index is 11.9. The molecule has 0 saturated heterocycles. The van der Waals surface area contributed by atoms with Crippen LogP contribution in [-0.2, 0) is 21.3 Å². The van der Waals surface area contributed by atoms with E-state index in [-0.39, 0.29) is 24.2 Å². The monoisotopic (exact) mass is 728 g/mol. The molecule has 0 amide bonds. The van der Waals surface area contributed by atoms with Crippen LogP contribution in [0.25, 0.3) is 33.2 Å². The first-order valence-corrected chi connectivity index (χ1v) is 17.2. The lowest BCUT2D eigenvalue weighted by Crippen LogP contribution is -2.39. The second-order valence-electron chi connectivity index (χ2n) is 11.0. The fourth-order valence-corrected chi connectivity index (χ4v) is 6.36. The molecule has 2 aromatic carbocycles. The highest BCUT2D eigenvalue weighted by Gasteiger charge is 2.23. The molecule has 0 saturated carbocycles. The van der Waals surface area contributed by atoms with Gasteiger partial charge in [-0.1, -0.05) is 34.8 Å². The third-order valence-corrected chi connectivity index (χ3v) is 9.35. The molecule has 4 aromatic heterocycles. The van der Waals surface area contributed by atoms with E-state index in [1.807, 2.05) is 19.2 Å². The minimum absolute atomic E-state index is 0.0882. The van der Waals surface area contributed by atoms with Crippen molar-refractivity contribution in [3.8, 4) is 11.4 Å². The summed E-state index contributed by atoms with van der Waals surface area (Å²) in [5, 5.41) is 14.4. The first-order valence-electron chi connectivity index (χ1n) is 14.4. The van der Waals surface area contributed by atoms with Crippen molar-refractivity contribution in [3.63, 3.8) is 0 Å². The van der Waals surface area contributed by atoms with E-state index in [1.54, 1.807) is 75.5 Å². The van der Waals surface area contributed by atoms with Crippen LogP contribution in [0.2, 0.25) is 15.1 Å². The summed E-state index contributed by atoms with van der Waals surface area (Å²) in [5.74, 6) is -0.841. The second-order valence-corrected chi connectivity index (χ2v) is 13.8. The van der Waals surface area contributed by atoms with Gasteiger partial charge in [0.2, 0.25) is 0 Å². The second kappa shape index (κ2) is 13.6. The Morgan fingerprint density at radius 1 is 1.02 bits per heavy atom. The number of pyridine rings is 2. The SMILES string of the molecule is CC(Cc1cn(-c2cc(NCC(=O)O)nc3cc(Cl)ccc23)cn1)N(CCS(=O)(=O)O)c1cc(-n2ccnc2)c2ccc(Cl)c(Cl)c2n1. The summed E-state index contributed by atoms with van der Waals surface area (Å²) in [7, 11) is -4.32. The van der Waals surface area contributed by atoms with E-state index >= 15 is 0 Å². The van der Waals surface area contributed by atoms with E-state index < -0.39 is 21.8 Å². The van der Waals surface area contributed by atoms with Crippen LogP contribution in [0.4, 0.5) is 11.6 Å². The average Bonchev–Trinajstić information content (AvgIpc) is 3.74. The van der Waals surface area contributed by atoms with Gasteiger partial charge in [0.1, 0.15) is 18.2 Å². The molecular weight excluding hydrogens is 703 g/mol. The highest BCUT2D eigenvalue weighted by Crippen LogP contribution is 2.35. The van der Waals surface area contributed by atoms with Crippen molar-refractivity contribution in [1.29, 1.82) is 0 Å². The Balaban J connectivity index is 1.38. The molecule has 0 fully saturated rings. The van der Waals surface area contributed by atoms with Crippen LogP contribution in [0.3, 0.4) is 0 Å². The molecule has 17 heteroatoms. The standard InChI is InChI=1S/C31H27Cl3N8O5S/c1-18(10-20-15-41(17-37-20)25-12-27(36-14-29(43)44)38-24-11-19(32)2-3-21(24)25)42(8-9-48(45,46)47)28-13-26(40-7-6-35-16-40)22-4-5-23(33)30(34)31(22)39-28/h2-7,11-13,15-18H,8-10,14H2,1H3,(H,36,38)(H,43,44)(H,45,46,47). The summed E-state index contributed by atoms with van der Waals surface area (Å²) in [6.45, 7) is 1.48. The lowest BCUT2D eigenvalue weighted by Gasteiger charge is -2.30. The third kappa shape index (κ3) is 7.32. The number of carboxylic acid groups (broad SMARTS) is 1. The zero-order valence-corrected chi connectivity index (χ0v) is 28.2. The number of aromatic nitrogens is 6. The van der Waals surface area contributed by atoms with Crippen molar-refractivity contribution >= 4 is 84.3 Å². The summed E-state index contributed by atoms with van der Waals surface area (Å²) in [5.41, 5.74) is 3.01. The number of benzene rings is 2. The van der Waals surface area contributed by atoms with Crippen molar-refractivity contribution < 1.29 is 22.9 Å². The predicted molar refractivity (Wildman–Crippen MR) is 186 cm³/mol. The smallest absolute Gasteiger partial charge is 0.322 e. The number of carbonyl (C=O) groups is 1. The maximum Gasteiger partial charge on any atom is 0.322 e. The molecule has 1 atom stereocenters. The van der Waals surface area contributed by atoms with Gasteiger partial charge in [0.15, 0.2) is 0 Å². The summed E-state index contributed by atoms with van der Waals surface area (Å²) in [4.78, 5) is 31.0. The molecule has 248 valence electrons. The summed E-state index contributed by atoms with van der Waals surface area (Å²) in [6, 6.07) is 11.9. The third-order valence-electron chi connectivity index (χ3n) is 7.63. The molecule has 48 heavy (non-hydrogen) atoms. The van der Waals surface area contributed by atoms with Gasteiger partial charge >= 0.3 is 5.97 Å². The van der Waals surface area contributed by atoms with E-state index in [0.717, 1.165) is 5.39 Å². The molecule has 3 N–H and O–H groups in total. The normalized spacial score (nSPS) is 12.4. The maximum atomic E-state index is 11.9. The minimum atomic E-state index is -4.32. The van der Waals surface area contributed by atoms with Crippen LogP contribution >= 0.6 is 34.8 Å². The highest BCUT2D eigenvalue weighted by molar-refractivity contribution is 7.85. The Morgan fingerprint density at radius 3 is 2.52 bits per heavy atom. The Bertz CT molecular complexity index is 2260. The topological polar surface area (TPSA) is 168 Å². The van der Waals surface area contributed by atoms with Crippen LogP contribution in [-0.4, -0.2) is 78.0 Å². The lowest BCUT2D eigenvalue weighted by atomic mass is 10.1. The van der Waals surface area contributed by atoms with Crippen molar-refractivity contribution in [2.24, 2.45) is 0 Å². The molecule has 0 aliphatic carbocycles. The quantitative estimate of drug-likeness (QED) is 0.128. The average molecular weight is 730 g/mol. The molecule has 0 bridgehead atoms. The molecule has 0 spiro atoms. The van der Waals surface area contributed by atoms with Crippen LogP contribution in [0.15, 0.2) is 73.7 Å². The number of halogens is 3. The Labute approximate surface area is 289 Å². The zero-order valence-electron chi connectivity index (χ0n) is 25.1. The van der Waals surface area contributed by atoms with Gasteiger partial charge in [-0.25, -0.2) is 19.9 Å². The molecule has 0 aliphatic heterocycles. The number of imidazole rings is 2. The highest BCUT2D eigenvalue weighted by atomic mass is 35.5. The number of hydrogen-bond donors (Lipinski definition) is 3. The molecule has 0 aliphatic rings. The molecule has 6 aromatic rings. The molecule has 1 unspecified atom stereocenters. The number of nitrogens with one attached hydrogen (secondary N) is 1. The first kappa shape index (κ1) is 33.4. The van der Waals surface area contributed by atoms with Crippen molar-refractivity contribution in [3.05, 3.63) is 94.5 Å². The zero-order chi connectivity index (χ0) is 34.2.